The maximum Gasteiger partial charge on any atom is 0.251 e. The summed E-state index contributed by atoms with van der Waals surface area (Å²) in [5, 5.41) is 3.05. The van der Waals surface area contributed by atoms with Crippen LogP contribution in [-0.2, 0) is 17.8 Å². The predicted octanol–water partition coefficient (Wildman–Crippen LogP) is 3.48. The third-order valence-corrected chi connectivity index (χ3v) is 5.52. The normalized spacial score (nSPS) is 13.9. The van der Waals surface area contributed by atoms with E-state index in [-0.39, 0.29) is 23.8 Å². The average molecular weight is 394 g/mol. The summed E-state index contributed by atoms with van der Waals surface area (Å²) in [4.78, 5) is 28.6. The lowest BCUT2D eigenvalue weighted by Crippen LogP contribution is -2.41. The van der Waals surface area contributed by atoms with E-state index in [9.17, 15) is 9.59 Å². The van der Waals surface area contributed by atoms with Crippen LogP contribution in [0.5, 0.6) is 0 Å². The molecule has 1 heterocycles. The Morgan fingerprint density at radius 2 is 1.76 bits per heavy atom. The zero-order valence-electron chi connectivity index (χ0n) is 17.8. The number of hydrogen-bond donors (Lipinski definition) is 1. The van der Waals surface area contributed by atoms with Gasteiger partial charge in [0, 0.05) is 49.9 Å². The summed E-state index contributed by atoms with van der Waals surface area (Å²) < 4.78 is 0. The molecular formula is C24H31N3O2. The summed E-state index contributed by atoms with van der Waals surface area (Å²) in [5.41, 5.74) is 4.31. The zero-order chi connectivity index (χ0) is 21.0. The molecule has 0 bridgehead atoms. The molecule has 2 aromatic carbocycles. The molecule has 1 aliphatic heterocycles. The van der Waals surface area contributed by atoms with Crippen molar-refractivity contribution in [2.75, 3.05) is 25.0 Å². The van der Waals surface area contributed by atoms with Crippen molar-refractivity contribution in [2.45, 2.75) is 39.8 Å². The molecule has 1 atom stereocenters. The first-order valence-electron chi connectivity index (χ1n) is 10.3. The van der Waals surface area contributed by atoms with Gasteiger partial charge in [0.05, 0.1) is 0 Å². The molecule has 0 saturated carbocycles. The van der Waals surface area contributed by atoms with Gasteiger partial charge in [0.1, 0.15) is 0 Å². The van der Waals surface area contributed by atoms with Crippen LogP contribution in [-0.4, -0.2) is 42.9 Å². The van der Waals surface area contributed by atoms with Crippen LogP contribution in [0.2, 0.25) is 0 Å². The fourth-order valence-corrected chi connectivity index (χ4v) is 3.83. The second-order valence-corrected chi connectivity index (χ2v) is 8.18. The van der Waals surface area contributed by atoms with E-state index in [0.29, 0.717) is 18.7 Å². The van der Waals surface area contributed by atoms with Crippen molar-refractivity contribution in [3.8, 4) is 0 Å². The highest BCUT2D eigenvalue weighted by Crippen LogP contribution is 2.28. The largest absolute Gasteiger partial charge is 0.366 e. The number of para-hydroxylation sites is 1. The number of benzene rings is 2. The first kappa shape index (κ1) is 20.9. The van der Waals surface area contributed by atoms with Gasteiger partial charge >= 0.3 is 0 Å². The van der Waals surface area contributed by atoms with Gasteiger partial charge in [0.25, 0.3) is 5.91 Å². The Morgan fingerprint density at radius 3 is 2.45 bits per heavy atom. The highest BCUT2D eigenvalue weighted by molar-refractivity contribution is 5.94. The molecule has 1 unspecified atom stereocenters. The lowest BCUT2D eigenvalue weighted by atomic mass is 10.1. The van der Waals surface area contributed by atoms with Gasteiger partial charge in [-0.3, -0.25) is 9.59 Å². The summed E-state index contributed by atoms with van der Waals surface area (Å²) in [6.07, 6.45) is 1.06. The summed E-state index contributed by atoms with van der Waals surface area (Å²) in [6.45, 7) is 8.08. The minimum atomic E-state index is -0.0671. The molecule has 5 heteroatoms. The van der Waals surface area contributed by atoms with Crippen LogP contribution in [0.1, 0.15) is 42.3 Å². The van der Waals surface area contributed by atoms with E-state index < -0.39 is 0 Å². The van der Waals surface area contributed by atoms with Crippen molar-refractivity contribution < 1.29 is 9.59 Å². The van der Waals surface area contributed by atoms with Crippen LogP contribution in [0.15, 0.2) is 48.5 Å². The molecule has 3 rings (SSSR count). The van der Waals surface area contributed by atoms with E-state index in [0.717, 1.165) is 18.5 Å². The molecule has 154 valence electrons. The quantitative estimate of drug-likeness (QED) is 0.784. The van der Waals surface area contributed by atoms with E-state index in [1.807, 2.05) is 38.1 Å². The van der Waals surface area contributed by atoms with E-state index in [2.05, 4.69) is 41.4 Å². The van der Waals surface area contributed by atoms with Gasteiger partial charge in [-0.05, 0) is 42.7 Å². The lowest BCUT2D eigenvalue weighted by molar-refractivity contribution is -0.133. The van der Waals surface area contributed by atoms with Gasteiger partial charge in [0.15, 0.2) is 0 Å². The Labute approximate surface area is 173 Å². The standard InChI is InChI=1S/C24H31N3O2/c1-17(2)24(29)26(4)16-19-9-11-21(12-10-19)23(28)25-15-18(3)27-14-13-20-7-5-6-8-22(20)27/h5-12,17-18H,13-16H2,1-4H3,(H,25,28). The fourth-order valence-electron chi connectivity index (χ4n) is 3.83. The van der Waals surface area contributed by atoms with Crippen LogP contribution in [0.3, 0.4) is 0 Å². The van der Waals surface area contributed by atoms with Crippen molar-refractivity contribution in [2.24, 2.45) is 5.92 Å². The Bertz CT molecular complexity index is 861. The van der Waals surface area contributed by atoms with Crippen LogP contribution >= 0.6 is 0 Å². The van der Waals surface area contributed by atoms with Gasteiger partial charge < -0.3 is 15.1 Å². The van der Waals surface area contributed by atoms with Gasteiger partial charge in [-0.1, -0.05) is 44.2 Å². The topological polar surface area (TPSA) is 52.7 Å². The minimum Gasteiger partial charge on any atom is -0.366 e. The zero-order valence-corrected chi connectivity index (χ0v) is 17.8. The number of carbonyl (C=O) groups is 2. The molecule has 0 spiro atoms. The van der Waals surface area contributed by atoms with Gasteiger partial charge in [0.2, 0.25) is 5.91 Å². The number of nitrogens with one attached hydrogen (secondary N) is 1. The third kappa shape index (κ3) is 4.97. The molecule has 2 amide bonds. The molecule has 0 fully saturated rings. The summed E-state index contributed by atoms with van der Waals surface area (Å²) in [7, 11) is 1.81. The lowest BCUT2D eigenvalue weighted by Gasteiger charge is -2.27. The molecule has 0 saturated heterocycles. The summed E-state index contributed by atoms with van der Waals surface area (Å²) >= 11 is 0. The molecule has 0 aliphatic carbocycles. The van der Waals surface area contributed by atoms with Gasteiger partial charge in [-0.25, -0.2) is 0 Å². The van der Waals surface area contributed by atoms with Crippen LogP contribution in [0.25, 0.3) is 0 Å². The number of anilines is 1. The molecule has 1 aliphatic rings. The number of rotatable bonds is 7. The summed E-state index contributed by atoms with van der Waals surface area (Å²) in [6, 6.07) is 16.2. The Hall–Kier alpha value is -2.82. The van der Waals surface area contributed by atoms with Gasteiger partial charge in [-0.15, -0.1) is 0 Å². The molecule has 1 N–H and O–H groups in total. The monoisotopic (exact) mass is 393 g/mol. The van der Waals surface area contributed by atoms with E-state index in [4.69, 9.17) is 0 Å². The van der Waals surface area contributed by atoms with Crippen molar-refractivity contribution in [3.63, 3.8) is 0 Å². The predicted molar refractivity (Wildman–Crippen MR) is 117 cm³/mol. The second kappa shape index (κ2) is 9.12. The number of amides is 2. The van der Waals surface area contributed by atoms with E-state index in [1.165, 1.54) is 11.3 Å². The smallest absolute Gasteiger partial charge is 0.251 e. The van der Waals surface area contributed by atoms with Gasteiger partial charge in [-0.2, -0.15) is 0 Å². The Morgan fingerprint density at radius 1 is 1.07 bits per heavy atom. The minimum absolute atomic E-state index is 0.0189. The average Bonchev–Trinajstić information content (AvgIpc) is 3.16. The maximum absolute atomic E-state index is 12.5. The molecule has 5 nitrogen and oxygen atoms in total. The third-order valence-electron chi connectivity index (χ3n) is 5.52. The van der Waals surface area contributed by atoms with Crippen molar-refractivity contribution in [3.05, 3.63) is 65.2 Å². The summed E-state index contributed by atoms with van der Waals surface area (Å²) in [5.74, 6) is 0.0291. The first-order valence-corrected chi connectivity index (χ1v) is 10.3. The van der Waals surface area contributed by atoms with E-state index in [1.54, 1.807) is 11.9 Å². The number of fused-ring (bicyclic) bond motifs is 1. The fraction of sp³-hybridized carbons (Fsp3) is 0.417. The molecule has 2 aromatic rings. The highest BCUT2D eigenvalue weighted by Gasteiger charge is 2.23. The number of nitrogens with zero attached hydrogens (tertiary/aromatic N) is 2. The van der Waals surface area contributed by atoms with Crippen molar-refractivity contribution in [1.29, 1.82) is 0 Å². The van der Waals surface area contributed by atoms with Crippen LogP contribution < -0.4 is 10.2 Å². The first-order chi connectivity index (χ1) is 13.9. The van der Waals surface area contributed by atoms with Crippen molar-refractivity contribution in [1.82, 2.24) is 10.2 Å². The highest BCUT2D eigenvalue weighted by atomic mass is 16.2. The molecule has 0 aromatic heterocycles. The molecule has 29 heavy (non-hydrogen) atoms. The number of carbonyl (C=O) groups excluding carboxylic acids is 2. The SMILES string of the molecule is CC(C)C(=O)N(C)Cc1ccc(C(=O)NCC(C)N2CCc3ccccc32)cc1. The van der Waals surface area contributed by atoms with Crippen molar-refractivity contribution >= 4 is 17.5 Å². The molecular weight excluding hydrogens is 362 g/mol. The van der Waals surface area contributed by atoms with Crippen LogP contribution in [0, 0.1) is 5.92 Å². The van der Waals surface area contributed by atoms with Crippen LogP contribution in [0.4, 0.5) is 5.69 Å². The Balaban J connectivity index is 1.53. The Kier molecular flexibility index (Phi) is 6.57. The second-order valence-electron chi connectivity index (χ2n) is 8.18. The number of hydrogen-bond acceptors (Lipinski definition) is 3. The maximum atomic E-state index is 12.5. The molecule has 0 radical (unpaired) electrons. The van der Waals surface area contributed by atoms with E-state index >= 15 is 0 Å².